The maximum Gasteiger partial charge on any atom is 0.191 e. The maximum absolute atomic E-state index is 6.24. The first-order chi connectivity index (χ1) is 13.3. The monoisotopic (exact) mass is 402 g/mol. The fourth-order valence-electron chi connectivity index (χ4n) is 3.40. The minimum atomic E-state index is 0.634. The molecule has 0 aliphatic carbocycles. The van der Waals surface area contributed by atoms with E-state index in [1.807, 2.05) is 23.3 Å². The molecule has 0 atom stereocenters. The van der Waals surface area contributed by atoms with Crippen molar-refractivity contribution in [3.63, 3.8) is 0 Å². The first-order valence-electron chi connectivity index (χ1n) is 9.40. The van der Waals surface area contributed by atoms with Gasteiger partial charge in [-0.15, -0.1) is 11.3 Å². The summed E-state index contributed by atoms with van der Waals surface area (Å²) in [4.78, 5) is 15.9. The maximum atomic E-state index is 6.24. The van der Waals surface area contributed by atoms with Crippen molar-refractivity contribution in [3.05, 3.63) is 41.4 Å². The van der Waals surface area contributed by atoms with Gasteiger partial charge in [-0.3, -0.25) is 0 Å². The summed E-state index contributed by atoms with van der Waals surface area (Å²) in [5.74, 6) is 3.09. The van der Waals surface area contributed by atoms with Crippen molar-refractivity contribution < 1.29 is 0 Å². The van der Waals surface area contributed by atoms with Gasteiger partial charge in [-0.2, -0.15) is 11.8 Å². The van der Waals surface area contributed by atoms with Crippen LogP contribution in [0.4, 0.5) is 10.8 Å². The highest BCUT2D eigenvalue weighted by molar-refractivity contribution is 7.99. The second kappa shape index (κ2) is 8.84. The zero-order chi connectivity index (χ0) is 18.5. The summed E-state index contributed by atoms with van der Waals surface area (Å²) in [6, 6.07) is 8.77. The Morgan fingerprint density at radius 1 is 1.00 bits per heavy atom. The summed E-state index contributed by atoms with van der Waals surface area (Å²) < 4.78 is 0. The highest BCUT2D eigenvalue weighted by Gasteiger charge is 2.19. The lowest BCUT2D eigenvalue weighted by atomic mass is 10.2. The van der Waals surface area contributed by atoms with Gasteiger partial charge >= 0.3 is 0 Å². The molecule has 2 fully saturated rings. The molecule has 2 aromatic rings. The number of rotatable bonds is 4. The van der Waals surface area contributed by atoms with E-state index >= 15 is 0 Å². The van der Waals surface area contributed by atoms with E-state index in [0.717, 1.165) is 44.4 Å². The number of aliphatic imine (C=N–C) groups is 1. The lowest BCUT2D eigenvalue weighted by molar-refractivity contribution is 0.380. The highest BCUT2D eigenvalue weighted by Crippen LogP contribution is 2.21. The van der Waals surface area contributed by atoms with Crippen LogP contribution in [0.15, 0.2) is 40.8 Å². The second-order valence-electron chi connectivity index (χ2n) is 6.73. The van der Waals surface area contributed by atoms with Gasteiger partial charge in [0, 0.05) is 68.0 Å². The zero-order valence-electron chi connectivity index (χ0n) is 15.5. The van der Waals surface area contributed by atoms with Crippen molar-refractivity contribution in [2.24, 2.45) is 10.7 Å². The van der Waals surface area contributed by atoms with Crippen LogP contribution >= 0.6 is 23.1 Å². The molecule has 2 N–H and O–H groups in total. The molecule has 0 spiro atoms. The van der Waals surface area contributed by atoms with Gasteiger partial charge in [0.2, 0.25) is 0 Å². The fraction of sp³-hybridized carbons (Fsp3) is 0.474. The molecule has 27 heavy (non-hydrogen) atoms. The minimum Gasteiger partial charge on any atom is -0.370 e. The van der Waals surface area contributed by atoms with Crippen LogP contribution in [0.2, 0.25) is 0 Å². The van der Waals surface area contributed by atoms with Crippen LogP contribution in [-0.4, -0.2) is 66.6 Å². The Hall–Kier alpha value is -1.93. The summed E-state index contributed by atoms with van der Waals surface area (Å²) in [6.45, 7) is 6.57. The lowest BCUT2D eigenvalue weighted by Crippen LogP contribution is -2.51. The third-order valence-electron chi connectivity index (χ3n) is 5.03. The molecular weight excluding hydrogens is 376 g/mol. The Bertz CT molecular complexity index is 732. The summed E-state index contributed by atoms with van der Waals surface area (Å²) >= 11 is 3.72. The number of nitrogens with two attached hydrogens (primary N) is 1. The Balaban J connectivity index is 1.29. The Labute approximate surface area is 169 Å². The van der Waals surface area contributed by atoms with E-state index in [4.69, 9.17) is 5.73 Å². The van der Waals surface area contributed by atoms with E-state index < -0.39 is 0 Å². The minimum absolute atomic E-state index is 0.634. The number of thioether (sulfide) groups is 1. The number of nitrogens with zero attached hydrogens (tertiary/aromatic N) is 5. The third-order valence-corrected chi connectivity index (χ3v) is 6.80. The molecule has 2 aliphatic heterocycles. The number of hydrogen-bond donors (Lipinski definition) is 1. The molecule has 0 radical (unpaired) electrons. The summed E-state index contributed by atoms with van der Waals surface area (Å²) in [6.07, 6.45) is 1.86. The van der Waals surface area contributed by atoms with Crippen LogP contribution in [0, 0.1) is 0 Å². The largest absolute Gasteiger partial charge is 0.370 e. The number of hydrogen-bond acceptors (Lipinski definition) is 6. The molecule has 2 aliphatic rings. The van der Waals surface area contributed by atoms with Gasteiger partial charge in [-0.05, 0) is 17.7 Å². The molecule has 4 rings (SSSR count). The van der Waals surface area contributed by atoms with Crippen molar-refractivity contribution in [1.29, 1.82) is 0 Å². The first kappa shape index (κ1) is 18.4. The van der Waals surface area contributed by atoms with Gasteiger partial charge in [0.15, 0.2) is 11.1 Å². The molecule has 2 saturated heterocycles. The molecule has 8 heteroatoms. The van der Waals surface area contributed by atoms with Crippen LogP contribution in [-0.2, 0) is 6.54 Å². The van der Waals surface area contributed by atoms with Gasteiger partial charge in [0.25, 0.3) is 0 Å². The van der Waals surface area contributed by atoms with Gasteiger partial charge in [0.05, 0.1) is 6.54 Å². The summed E-state index contributed by atoms with van der Waals surface area (Å²) in [7, 11) is 0. The summed E-state index contributed by atoms with van der Waals surface area (Å²) in [5, 5.41) is 3.12. The number of aromatic nitrogens is 1. The predicted molar refractivity (Wildman–Crippen MR) is 117 cm³/mol. The zero-order valence-corrected chi connectivity index (χ0v) is 17.1. The Morgan fingerprint density at radius 2 is 1.74 bits per heavy atom. The second-order valence-corrected chi connectivity index (χ2v) is 8.83. The van der Waals surface area contributed by atoms with E-state index in [0.29, 0.717) is 12.5 Å². The quantitative estimate of drug-likeness (QED) is 0.626. The standard InChI is InChI=1S/C19H26N6S2/c20-18(24-6-8-25(9-7-24)19-21-5-12-27-19)22-15-16-1-3-17(4-2-16)23-10-13-26-14-11-23/h1-5,12H,6-11,13-15H2,(H2,20,22). The van der Waals surface area contributed by atoms with Crippen molar-refractivity contribution >= 4 is 39.9 Å². The van der Waals surface area contributed by atoms with E-state index in [2.05, 4.69) is 48.9 Å². The number of thiazole rings is 1. The molecule has 144 valence electrons. The highest BCUT2D eigenvalue weighted by atomic mass is 32.2. The average Bonchev–Trinajstić information content (AvgIpc) is 3.28. The fourth-order valence-corrected chi connectivity index (χ4v) is 5.00. The number of piperazine rings is 1. The predicted octanol–water partition coefficient (Wildman–Crippen LogP) is 2.33. The third kappa shape index (κ3) is 4.68. The van der Waals surface area contributed by atoms with Crippen LogP contribution in [0.5, 0.6) is 0 Å². The van der Waals surface area contributed by atoms with Gasteiger partial charge < -0.3 is 20.4 Å². The smallest absolute Gasteiger partial charge is 0.191 e. The molecule has 6 nitrogen and oxygen atoms in total. The van der Waals surface area contributed by atoms with E-state index in [1.165, 1.54) is 22.8 Å². The number of benzene rings is 1. The SMILES string of the molecule is NC(=NCc1ccc(N2CCSCC2)cc1)N1CCN(c2nccs2)CC1. The Kier molecular flexibility index (Phi) is 6.03. The van der Waals surface area contributed by atoms with Gasteiger partial charge in [-0.25, -0.2) is 9.98 Å². The van der Waals surface area contributed by atoms with Crippen LogP contribution in [0.3, 0.4) is 0 Å². The molecule has 0 amide bonds. The normalized spacial score (nSPS) is 18.8. The number of anilines is 2. The van der Waals surface area contributed by atoms with Gasteiger partial charge in [0.1, 0.15) is 0 Å². The first-order valence-corrected chi connectivity index (χ1v) is 11.4. The summed E-state index contributed by atoms with van der Waals surface area (Å²) in [5.41, 5.74) is 8.76. The van der Waals surface area contributed by atoms with Crippen LogP contribution in [0.1, 0.15) is 5.56 Å². The van der Waals surface area contributed by atoms with Crippen molar-refractivity contribution in [2.75, 3.05) is 60.6 Å². The van der Waals surface area contributed by atoms with E-state index in [9.17, 15) is 0 Å². The molecule has 0 unspecified atom stereocenters. The molecule has 1 aromatic carbocycles. The van der Waals surface area contributed by atoms with Gasteiger partial charge in [-0.1, -0.05) is 12.1 Å². The van der Waals surface area contributed by atoms with Crippen molar-refractivity contribution in [1.82, 2.24) is 9.88 Å². The Morgan fingerprint density at radius 3 is 2.41 bits per heavy atom. The molecule has 0 bridgehead atoms. The molecule has 3 heterocycles. The molecular formula is C19H26N6S2. The average molecular weight is 403 g/mol. The lowest BCUT2D eigenvalue weighted by Gasteiger charge is -2.35. The number of guanidine groups is 1. The van der Waals surface area contributed by atoms with Crippen molar-refractivity contribution in [2.45, 2.75) is 6.54 Å². The van der Waals surface area contributed by atoms with Crippen LogP contribution < -0.4 is 15.5 Å². The molecule has 0 saturated carbocycles. The molecule has 1 aromatic heterocycles. The van der Waals surface area contributed by atoms with Crippen molar-refractivity contribution in [3.8, 4) is 0 Å². The van der Waals surface area contributed by atoms with Crippen LogP contribution in [0.25, 0.3) is 0 Å². The van der Waals surface area contributed by atoms with E-state index in [1.54, 1.807) is 11.3 Å². The van der Waals surface area contributed by atoms with E-state index in [-0.39, 0.29) is 0 Å². The topological polar surface area (TPSA) is 61.0 Å².